The number of amides is 1. The van der Waals surface area contributed by atoms with Crippen LogP contribution in [0.1, 0.15) is 48.0 Å². The van der Waals surface area contributed by atoms with Gasteiger partial charge in [-0.15, -0.1) is 0 Å². The van der Waals surface area contributed by atoms with Crippen LogP contribution in [0.15, 0.2) is 54.6 Å². The van der Waals surface area contributed by atoms with Crippen molar-refractivity contribution in [3.63, 3.8) is 0 Å². The summed E-state index contributed by atoms with van der Waals surface area (Å²) in [6.45, 7) is 4.26. The number of pyridine rings is 1. The standard InChI is InChI=1S/C29H37N3O6/c1-29(2,31-17-27(35)24-8-9-26(34)25(18-33)32-24)15-20-7-5-6-19(10-20)13-28(36)30-16-21-11-22(37-3)14-23(12-21)38-4/h5-12,14,27,31,33-35H,13,15-18H2,1-4H3,(H,30,36). The van der Waals surface area contributed by atoms with E-state index in [2.05, 4.69) is 15.6 Å². The number of nitrogens with one attached hydrogen (secondary N) is 2. The topological polar surface area (TPSA) is 133 Å². The lowest BCUT2D eigenvalue weighted by Gasteiger charge is -2.28. The molecule has 3 rings (SSSR count). The molecule has 3 aromatic rings. The summed E-state index contributed by atoms with van der Waals surface area (Å²) in [7, 11) is 3.17. The van der Waals surface area contributed by atoms with Crippen LogP contribution in [0.5, 0.6) is 17.2 Å². The summed E-state index contributed by atoms with van der Waals surface area (Å²) in [5.41, 5.74) is 2.99. The second-order valence-electron chi connectivity index (χ2n) is 9.81. The van der Waals surface area contributed by atoms with Gasteiger partial charge in [0.05, 0.1) is 32.9 Å². The number of aromatic hydroxyl groups is 1. The van der Waals surface area contributed by atoms with E-state index in [-0.39, 0.29) is 35.9 Å². The lowest BCUT2D eigenvalue weighted by Crippen LogP contribution is -2.43. The molecule has 0 saturated carbocycles. The molecule has 9 nitrogen and oxygen atoms in total. The van der Waals surface area contributed by atoms with Gasteiger partial charge in [0.2, 0.25) is 5.91 Å². The van der Waals surface area contributed by atoms with Crippen LogP contribution in [0.4, 0.5) is 0 Å². The molecule has 1 atom stereocenters. The van der Waals surface area contributed by atoms with Gasteiger partial charge in [0.15, 0.2) is 0 Å². The SMILES string of the molecule is COc1cc(CNC(=O)Cc2cccc(CC(C)(C)NCC(O)c3ccc(O)c(CO)n3)c2)cc(OC)c1. The van der Waals surface area contributed by atoms with Crippen molar-refractivity contribution in [3.8, 4) is 17.2 Å². The zero-order valence-corrected chi connectivity index (χ0v) is 22.3. The van der Waals surface area contributed by atoms with E-state index < -0.39 is 12.7 Å². The number of β-amino-alcohol motifs (C(OH)–C–C–N with tert-alkyl or cyclic N) is 1. The number of nitrogens with zero attached hydrogens (tertiary/aromatic N) is 1. The van der Waals surface area contributed by atoms with E-state index in [0.717, 1.165) is 16.7 Å². The van der Waals surface area contributed by atoms with E-state index in [4.69, 9.17) is 9.47 Å². The fourth-order valence-corrected chi connectivity index (χ4v) is 4.13. The molecule has 1 unspecified atom stereocenters. The van der Waals surface area contributed by atoms with Gasteiger partial charge in [0.25, 0.3) is 0 Å². The number of aliphatic hydroxyl groups excluding tert-OH is 2. The van der Waals surface area contributed by atoms with Gasteiger partial charge in [0.1, 0.15) is 29.0 Å². The second-order valence-corrected chi connectivity index (χ2v) is 9.81. The van der Waals surface area contributed by atoms with Crippen LogP contribution in [0.3, 0.4) is 0 Å². The normalized spacial score (nSPS) is 12.2. The number of benzene rings is 2. The minimum Gasteiger partial charge on any atom is -0.506 e. The highest BCUT2D eigenvalue weighted by Gasteiger charge is 2.21. The first-order valence-corrected chi connectivity index (χ1v) is 12.4. The minimum atomic E-state index is -0.903. The lowest BCUT2D eigenvalue weighted by atomic mass is 9.93. The first-order valence-electron chi connectivity index (χ1n) is 12.4. The molecule has 0 aliphatic heterocycles. The summed E-state index contributed by atoms with van der Waals surface area (Å²) in [5.74, 6) is 1.14. The number of hydrogen-bond acceptors (Lipinski definition) is 8. The molecule has 0 saturated heterocycles. The van der Waals surface area contributed by atoms with Crippen LogP contribution in [0.2, 0.25) is 0 Å². The van der Waals surface area contributed by atoms with Crippen molar-refractivity contribution >= 4 is 5.91 Å². The molecular formula is C29H37N3O6. The monoisotopic (exact) mass is 523 g/mol. The van der Waals surface area contributed by atoms with Gasteiger partial charge in [-0.25, -0.2) is 4.98 Å². The third-order valence-corrected chi connectivity index (χ3v) is 6.14. The molecule has 0 aliphatic rings. The molecular weight excluding hydrogens is 486 g/mol. The molecule has 38 heavy (non-hydrogen) atoms. The Morgan fingerprint density at radius 2 is 1.68 bits per heavy atom. The molecule has 0 bridgehead atoms. The summed E-state index contributed by atoms with van der Waals surface area (Å²) in [6, 6.07) is 16.3. The fraction of sp³-hybridized carbons (Fsp3) is 0.379. The molecule has 204 valence electrons. The van der Waals surface area contributed by atoms with Gasteiger partial charge in [-0.2, -0.15) is 0 Å². The summed E-state index contributed by atoms with van der Waals surface area (Å²) in [4.78, 5) is 16.7. The van der Waals surface area contributed by atoms with Crippen LogP contribution in [-0.4, -0.2) is 52.5 Å². The molecule has 0 fully saturated rings. The first kappa shape index (κ1) is 28.9. The average molecular weight is 524 g/mol. The predicted octanol–water partition coefficient (Wildman–Crippen LogP) is 2.80. The molecule has 1 aromatic heterocycles. The number of aromatic nitrogens is 1. The number of methoxy groups -OCH3 is 2. The zero-order chi connectivity index (χ0) is 27.7. The summed E-state index contributed by atoms with van der Waals surface area (Å²) < 4.78 is 10.6. The molecule has 0 radical (unpaired) electrons. The van der Waals surface area contributed by atoms with Crippen LogP contribution in [0.25, 0.3) is 0 Å². The Morgan fingerprint density at radius 3 is 2.34 bits per heavy atom. The van der Waals surface area contributed by atoms with E-state index in [0.29, 0.717) is 30.2 Å². The largest absolute Gasteiger partial charge is 0.506 e. The first-order chi connectivity index (χ1) is 18.1. The minimum absolute atomic E-state index is 0.0897. The van der Waals surface area contributed by atoms with Crippen LogP contribution < -0.4 is 20.1 Å². The number of hydrogen-bond donors (Lipinski definition) is 5. The van der Waals surface area contributed by atoms with Crippen LogP contribution in [-0.2, 0) is 30.8 Å². The van der Waals surface area contributed by atoms with Crippen LogP contribution in [0, 0.1) is 0 Å². The number of ether oxygens (including phenoxy) is 2. The van der Waals surface area contributed by atoms with E-state index in [9.17, 15) is 20.1 Å². The highest BCUT2D eigenvalue weighted by Crippen LogP contribution is 2.23. The molecule has 5 N–H and O–H groups in total. The molecule has 0 aliphatic carbocycles. The van der Waals surface area contributed by atoms with Crippen molar-refractivity contribution < 1.29 is 29.6 Å². The molecule has 2 aromatic carbocycles. The number of aliphatic hydroxyl groups is 2. The Morgan fingerprint density at radius 1 is 1.00 bits per heavy atom. The van der Waals surface area contributed by atoms with E-state index in [1.165, 1.54) is 12.1 Å². The van der Waals surface area contributed by atoms with Gasteiger partial charge in [-0.1, -0.05) is 24.3 Å². The van der Waals surface area contributed by atoms with Crippen molar-refractivity contribution in [3.05, 3.63) is 82.7 Å². The van der Waals surface area contributed by atoms with Crippen molar-refractivity contribution in [2.75, 3.05) is 20.8 Å². The van der Waals surface area contributed by atoms with Gasteiger partial charge >= 0.3 is 0 Å². The van der Waals surface area contributed by atoms with E-state index in [1.54, 1.807) is 20.3 Å². The second kappa shape index (κ2) is 13.2. The Hall–Kier alpha value is -3.66. The number of carbonyl (C=O) groups is 1. The maximum Gasteiger partial charge on any atom is 0.224 e. The van der Waals surface area contributed by atoms with Crippen molar-refractivity contribution in [1.29, 1.82) is 0 Å². The van der Waals surface area contributed by atoms with Crippen molar-refractivity contribution in [2.24, 2.45) is 0 Å². The number of rotatable bonds is 13. The molecule has 0 spiro atoms. The number of carbonyl (C=O) groups excluding carboxylic acids is 1. The third kappa shape index (κ3) is 8.44. The highest BCUT2D eigenvalue weighted by molar-refractivity contribution is 5.78. The molecule has 1 amide bonds. The summed E-state index contributed by atoms with van der Waals surface area (Å²) in [5, 5.41) is 35.8. The van der Waals surface area contributed by atoms with Crippen molar-refractivity contribution in [1.82, 2.24) is 15.6 Å². The van der Waals surface area contributed by atoms with Gasteiger partial charge in [-0.3, -0.25) is 4.79 Å². The highest BCUT2D eigenvalue weighted by atomic mass is 16.5. The smallest absolute Gasteiger partial charge is 0.224 e. The maximum atomic E-state index is 12.6. The third-order valence-electron chi connectivity index (χ3n) is 6.14. The van der Waals surface area contributed by atoms with Gasteiger partial charge in [0, 0.05) is 24.7 Å². The quantitative estimate of drug-likeness (QED) is 0.231. The Labute approximate surface area is 223 Å². The molecule has 1 heterocycles. The van der Waals surface area contributed by atoms with E-state index in [1.807, 2.05) is 50.2 Å². The predicted molar refractivity (Wildman–Crippen MR) is 144 cm³/mol. The maximum absolute atomic E-state index is 12.6. The van der Waals surface area contributed by atoms with E-state index >= 15 is 0 Å². The Kier molecular flexibility index (Phi) is 10.1. The van der Waals surface area contributed by atoms with Crippen molar-refractivity contribution in [2.45, 2.75) is 51.5 Å². The van der Waals surface area contributed by atoms with Gasteiger partial charge < -0.3 is 35.4 Å². The summed E-state index contributed by atoms with van der Waals surface area (Å²) in [6.07, 6.45) is 0.0185. The Bertz CT molecular complexity index is 1210. The average Bonchev–Trinajstić information content (AvgIpc) is 2.90. The lowest BCUT2D eigenvalue weighted by molar-refractivity contribution is -0.120. The summed E-state index contributed by atoms with van der Waals surface area (Å²) >= 11 is 0. The Balaban J connectivity index is 1.54. The van der Waals surface area contributed by atoms with Gasteiger partial charge in [-0.05, 0) is 61.2 Å². The molecule has 9 heteroatoms. The fourth-order valence-electron chi connectivity index (χ4n) is 4.13. The van der Waals surface area contributed by atoms with Crippen LogP contribution >= 0.6 is 0 Å². The zero-order valence-electron chi connectivity index (χ0n) is 22.3.